The Morgan fingerprint density at radius 3 is 1.52 bits per heavy atom. The molecule has 3 aromatic carbocycles. The number of hydrogen-bond acceptors (Lipinski definition) is 11. The van der Waals surface area contributed by atoms with E-state index in [4.69, 9.17) is 0 Å². The Labute approximate surface area is 254 Å². The van der Waals surface area contributed by atoms with Crippen molar-refractivity contribution in [3.8, 4) is 0 Å². The van der Waals surface area contributed by atoms with E-state index in [1.807, 2.05) is 0 Å². The van der Waals surface area contributed by atoms with Crippen molar-refractivity contribution >= 4 is 54.7 Å². The highest BCUT2D eigenvalue weighted by atomic mass is 32.2. The third-order valence-electron chi connectivity index (χ3n) is 6.23. The molecule has 0 saturated carbocycles. The molecule has 0 fully saturated rings. The summed E-state index contributed by atoms with van der Waals surface area (Å²) in [6.07, 6.45) is 0. The maximum absolute atomic E-state index is 14.3. The maximum atomic E-state index is 14.3. The Kier molecular flexibility index (Phi) is 10.00. The number of anilines is 4. The van der Waals surface area contributed by atoms with Crippen molar-refractivity contribution in [3.63, 3.8) is 0 Å². The molecule has 44 heavy (non-hydrogen) atoms. The predicted molar refractivity (Wildman–Crippen MR) is 169 cm³/mol. The van der Waals surface area contributed by atoms with Crippen LogP contribution in [0.2, 0.25) is 0 Å². The molecule has 5 N–H and O–H groups in total. The molecule has 0 aliphatic heterocycles. The highest BCUT2D eigenvalue weighted by Crippen LogP contribution is 2.21. The lowest BCUT2D eigenvalue weighted by Crippen LogP contribution is -2.18. The summed E-state index contributed by atoms with van der Waals surface area (Å²) in [5.74, 6) is 0.0276. The molecule has 0 unspecified atom stereocenters. The minimum absolute atomic E-state index is 0.0477. The van der Waals surface area contributed by atoms with Gasteiger partial charge in [0.1, 0.15) is 5.82 Å². The number of para-hydroxylation sites is 1. The van der Waals surface area contributed by atoms with Crippen LogP contribution in [0.1, 0.15) is 25.0 Å². The van der Waals surface area contributed by atoms with E-state index in [0.29, 0.717) is 22.6 Å². The van der Waals surface area contributed by atoms with E-state index in [1.165, 1.54) is 56.6 Å². The molecule has 0 saturated heterocycles. The highest BCUT2D eigenvalue weighted by molar-refractivity contribution is 7.89. The third kappa shape index (κ3) is 7.99. The van der Waals surface area contributed by atoms with E-state index in [9.17, 15) is 21.2 Å². The second-order valence-corrected chi connectivity index (χ2v) is 12.9. The Balaban J connectivity index is 1.59. The van der Waals surface area contributed by atoms with E-state index in [-0.39, 0.29) is 33.1 Å². The normalized spacial score (nSPS) is 12.6. The van der Waals surface area contributed by atoms with Crippen molar-refractivity contribution in [3.05, 3.63) is 95.8 Å². The molecule has 1 aromatic heterocycles. The topological polar surface area (TPSA) is 179 Å². The zero-order valence-electron chi connectivity index (χ0n) is 24.1. The second-order valence-electron chi connectivity index (χ2n) is 9.15. The molecular formula is C28H30FN9O4S2. The van der Waals surface area contributed by atoms with Crippen molar-refractivity contribution in [2.24, 2.45) is 10.2 Å². The fraction of sp³-hybridized carbons (Fsp3) is 0.143. The van der Waals surface area contributed by atoms with Gasteiger partial charge >= 0.3 is 0 Å². The minimum atomic E-state index is -3.57. The van der Waals surface area contributed by atoms with Gasteiger partial charge < -0.3 is 5.32 Å². The van der Waals surface area contributed by atoms with Gasteiger partial charge in [0.15, 0.2) is 11.6 Å². The number of benzene rings is 3. The smallest absolute Gasteiger partial charge is 0.240 e. The van der Waals surface area contributed by atoms with Gasteiger partial charge in [-0.1, -0.05) is 36.4 Å². The first-order chi connectivity index (χ1) is 20.9. The first-order valence-electron chi connectivity index (χ1n) is 13.0. The zero-order valence-corrected chi connectivity index (χ0v) is 25.8. The van der Waals surface area contributed by atoms with Crippen LogP contribution in [0.15, 0.2) is 98.9 Å². The third-order valence-corrected chi connectivity index (χ3v) is 9.09. The molecule has 230 valence electrons. The minimum Gasteiger partial charge on any atom is -0.322 e. The molecule has 0 aliphatic rings. The van der Waals surface area contributed by atoms with Crippen molar-refractivity contribution in [1.82, 2.24) is 19.4 Å². The lowest BCUT2D eigenvalue weighted by atomic mass is 10.1. The summed E-state index contributed by atoms with van der Waals surface area (Å²) in [5, 5.41) is 11.5. The van der Waals surface area contributed by atoms with Gasteiger partial charge in [0.25, 0.3) is 0 Å². The Bertz CT molecular complexity index is 1800. The van der Waals surface area contributed by atoms with Gasteiger partial charge in [0, 0.05) is 6.07 Å². The number of hydrogen-bond donors (Lipinski definition) is 5. The molecule has 13 nitrogen and oxygen atoms in total. The van der Waals surface area contributed by atoms with Crippen molar-refractivity contribution in [1.29, 1.82) is 0 Å². The quantitative estimate of drug-likeness (QED) is 0.114. The van der Waals surface area contributed by atoms with Crippen LogP contribution in [0.5, 0.6) is 0 Å². The maximum Gasteiger partial charge on any atom is 0.240 e. The van der Waals surface area contributed by atoms with Gasteiger partial charge in [-0.15, -0.1) is 0 Å². The molecule has 0 radical (unpaired) electrons. The summed E-state index contributed by atoms with van der Waals surface area (Å²) < 4.78 is 66.9. The van der Waals surface area contributed by atoms with Crippen LogP contribution in [0.25, 0.3) is 0 Å². The fourth-order valence-electron chi connectivity index (χ4n) is 3.70. The van der Waals surface area contributed by atoms with Gasteiger partial charge in [-0.05, 0) is 75.5 Å². The lowest BCUT2D eigenvalue weighted by molar-refractivity contribution is 0.586. The fourth-order valence-corrected chi connectivity index (χ4v) is 5.16. The van der Waals surface area contributed by atoms with Crippen LogP contribution in [0, 0.1) is 5.82 Å². The Morgan fingerprint density at radius 2 is 1.11 bits per heavy atom. The van der Waals surface area contributed by atoms with Crippen LogP contribution in [-0.4, -0.2) is 52.3 Å². The van der Waals surface area contributed by atoms with E-state index in [0.717, 1.165) is 0 Å². The number of halogens is 1. The molecule has 16 heteroatoms. The van der Waals surface area contributed by atoms with E-state index in [1.54, 1.807) is 50.2 Å². The molecule has 0 spiro atoms. The number of hydrazone groups is 2. The highest BCUT2D eigenvalue weighted by Gasteiger charge is 2.13. The number of nitrogens with one attached hydrogen (secondary N) is 5. The van der Waals surface area contributed by atoms with E-state index in [2.05, 4.69) is 45.8 Å². The van der Waals surface area contributed by atoms with Crippen LogP contribution < -0.4 is 25.6 Å². The molecular weight excluding hydrogens is 609 g/mol. The molecule has 0 bridgehead atoms. The van der Waals surface area contributed by atoms with Gasteiger partial charge in [0.05, 0.1) is 26.9 Å². The molecule has 0 aliphatic carbocycles. The number of aromatic nitrogens is 2. The van der Waals surface area contributed by atoms with Crippen molar-refractivity contribution in [2.45, 2.75) is 23.6 Å². The average molecular weight is 640 g/mol. The largest absolute Gasteiger partial charge is 0.322 e. The van der Waals surface area contributed by atoms with Crippen LogP contribution >= 0.6 is 0 Å². The number of sulfonamides is 2. The lowest BCUT2D eigenvalue weighted by Gasteiger charge is -2.11. The Morgan fingerprint density at radius 1 is 0.682 bits per heavy atom. The van der Waals surface area contributed by atoms with Crippen molar-refractivity contribution in [2.75, 3.05) is 30.3 Å². The standard InChI is InChI=1S/C28H30FN9O4S2/c1-18(20-9-13-22(14-10-20)43(39,40)30-3)35-37-26-17-27(34-28(33-26)32-25-8-6-5-7-24(25)29)38-36-19(2)21-11-15-23(16-12-21)44(41,42)31-4/h5-17,30-31H,1-4H3,(H3,32,33,34,37,38)/b35-18-,36-19-. The van der Waals surface area contributed by atoms with Crippen molar-refractivity contribution < 1.29 is 21.2 Å². The summed E-state index contributed by atoms with van der Waals surface area (Å²) in [7, 11) is -4.47. The molecule has 1 heterocycles. The number of nitrogens with zero attached hydrogens (tertiary/aromatic N) is 4. The SMILES string of the molecule is CNS(=O)(=O)c1ccc(/C(C)=N\Nc2cc(N/N=C(/C)c3ccc(S(=O)(=O)NC)cc3)nc(Nc3ccccc3F)n2)cc1. The van der Waals surface area contributed by atoms with Crippen LogP contribution in [0.3, 0.4) is 0 Å². The van der Waals surface area contributed by atoms with E-state index < -0.39 is 25.9 Å². The zero-order chi connectivity index (χ0) is 31.9. The molecule has 0 atom stereocenters. The second kappa shape index (κ2) is 13.7. The Hall–Kier alpha value is -4.77. The first-order valence-corrected chi connectivity index (χ1v) is 16.0. The van der Waals surface area contributed by atoms with Crippen LogP contribution in [-0.2, 0) is 20.0 Å². The molecule has 0 amide bonds. The number of rotatable bonds is 12. The summed E-state index contributed by atoms with van der Waals surface area (Å²) in [5.41, 5.74) is 8.25. The molecule has 4 aromatic rings. The van der Waals surface area contributed by atoms with Gasteiger partial charge in [-0.25, -0.2) is 30.7 Å². The summed E-state index contributed by atoms with van der Waals surface area (Å²) >= 11 is 0. The first kappa shape index (κ1) is 32.2. The predicted octanol–water partition coefficient (Wildman–Crippen LogP) is 3.85. The summed E-state index contributed by atoms with van der Waals surface area (Å²) in [4.78, 5) is 8.99. The summed E-state index contributed by atoms with van der Waals surface area (Å²) in [6, 6.07) is 20.0. The van der Waals surface area contributed by atoms with Gasteiger partial charge in [-0.3, -0.25) is 10.9 Å². The summed E-state index contributed by atoms with van der Waals surface area (Å²) in [6.45, 7) is 3.46. The van der Waals surface area contributed by atoms with Crippen LogP contribution in [0.4, 0.5) is 27.7 Å². The van der Waals surface area contributed by atoms with E-state index >= 15 is 0 Å². The van der Waals surface area contributed by atoms with Gasteiger partial charge in [-0.2, -0.15) is 20.2 Å². The monoisotopic (exact) mass is 639 g/mol. The van der Waals surface area contributed by atoms with Gasteiger partial charge in [0.2, 0.25) is 26.0 Å². The molecule has 4 rings (SSSR count). The average Bonchev–Trinajstić information content (AvgIpc) is 3.03.